The van der Waals surface area contributed by atoms with Crippen LogP contribution in [0.5, 0.6) is 0 Å². The first-order valence-corrected chi connectivity index (χ1v) is 8.91. The summed E-state index contributed by atoms with van der Waals surface area (Å²) in [5.74, 6) is 0. The van der Waals surface area contributed by atoms with E-state index in [1.165, 1.54) is 37.7 Å². The maximum atomic E-state index is 11.0. The van der Waals surface area contributed by atoms with Crippen molar-refractivity contribution >= 4 is 0 Å². The molecule has 2 heteroatoms. The lowest BCUT2D eigenvalue weighted by Gasteiger charge is -2.25. The Morgan fingerprint density at radius 2 is 1.43 bits per heavy atom. The van der Waals surface area contributed by atoms with E-state index in [1.807, 2.05) is 30.3 Å². The van der Waals surface area contributed by atoms with Gasteiger partial charge < -0.3 is 5.11 Å². The fourth-order valence-electron chi connectivity index (χ4n) is 4.32. The highest BCUT2D eigenvalue weighted by Gasteiger charge is 2.55. The monoisotopic (exact) mass is 307 g/mol. The highest BCUT2D eigenvalue weighted by atomic mass is 16.3. The van der Waals surface area contributed by atoms with Crippen molar-refractivity contribution in [3.63, 3.8) is 0 Å². The molecule has 4 rings (SSSR count). The summed E-state index contributed by atoms with van der Waals surface area (Å²) in [6.07, 6.45) is 6.19. The van der Waals surface area contributed by atoms with Crippen LogP contribution in [0.2, 0.25) is 0 Å². The Balaban J connectivity index is 1.60. The molecule has 2 aliphatic rings. The molecular formula is C21H25NO. The molecule has 1 aliphatic heterocycles. The fraction of sp³-hybridized carbons (Fsp3) is 0.429. The van der Waals surface area contributed by atoms with Crippen LogP contribution in [0.3, 0.4) is 0 Å². The van der Waals surface area contributed by atoms with Crippen molar-refractivity contribution < 1.29 is 5.11 Å². The van der Waals surface area contributed by atoms with Crippen molar-refractivity contribution in [1.29, 1.82) is 0 Å². The summed E-state index contributed by atoms with van der Waals surface area (Å²) in [6, 6.07) is 22.1. The average molecular weight is 307 g/mol. The van der Waals surface area contributed by atoms with Crippen LogP contribution in [-0.4, -0.2) is 22.1 Å². The first-order valence-electron chi connectivity index (χ1n) is 8.91. The second kappa shape index (κ2) is 6.46. The third-order valence-corrected chi connectivity index (χ3v) is 5.50. The van der Waals surface area contributed by atoms with Crippen LogP contribution in [-0.2, 0) is 0 Å². The number of hydrogen-bond acceptors (Lipinski definition) is 2. The van der Waals surface area contributed by atoms with Gasteiger partial charge in [-0.25, -0.2) is 0 Å². The predicted molar refractivity (Wildman–Crippen MR) is 93.1 cm³/mol. The summed E-state index contributed by atoms with van der Waals surface area (Å²) in [7, 11) is 0. The number of nitrogens with zero attached hydrogens (tertiary/aromatic N) is 1. The van der Waals surface area contributed by atoms with E-state index in [0.29, 0.717) is 12.1 Å². The van der Waals surface area contributed by atoms with Gasteiger partial charge in [-0.05, 0) is 24.0 Å². The molecule has 1 heterocycles. The molecule has 2 aromatic rings. The predicted octanol–water partition coefficient (Wildman–Crippen LogP) is 4.48. The maximum absolute atomic E-state index is 11.0. The van der Waals surface area contributed by atoms with Crippen molar-refractivity contribution in [3.05, 3.63) is 71.8 Å². The van der Waals surface area contributed by atoms with E-state index < -0.39 is 6.10 Å². The van der Waals surface area contributed by atoms with E-state index in [0.717, 1.165) is 5.56 Å². The van der Waals surface area contributed by atoms with Crippen LogP contribution in [0.1, 0.15) is 55.4 Å². The standard InChI is InChI=1S/C21H25NO/c23-21(17-12-6-2-7-13-17)20-19(16-10-4-1-5-11-16)22(20)18-14-8-3-9-15-18/h1-2,4-7,10-13,18-21,23H,3,8-9,14-15H2/t19-,20+,21+,22?/m0/s1. The Bertz CT molecular complexity index is 621. The van der Waals surface area contributed by atoms with Gasteiger partial charge in [0.15, 0.2) is 0 Å². The topological polar surface area (TPSA) is 23.2 Å². The Kier molecular flexibility index (Phi) is 4.19. The maximum Gasteiger partial charge on any atom is 0.0964 e. The fourth-order valence-corrected chi connectivity index (χ4v) is 4.32. The lowest BCUT2D eigenvalue weighted by Crippen LogP contribution is -2.25. The quantitative estimate of drug-likeness (QED) is 0.842. The SMILES string of the molecule is O[C@H](c1ccccc1)[C@H]1[C@H](c2ccccc2)N1C1CCCCC1. The third kappa shape index (κ3) is 2.93. The number of aliphatic hydroxyl groups excluding tert-OH is 1. The molecule has 2 nitrogen and oxygen atoms in total. The minimum absolute atomic E-state index is 0.225. The summed E-state index contributed by atoms with van der Waals surface area (Å²) in [4.78, 5) is 2.58. The van der Waals surface area contributed by atoms with Crippen LogP contribution < -0.4 is 0 Å². The summed E-state index contributed by atoms with van der Waals surface area (Å²) in [5, 5.41) is 11.0. The van der Waals surface area contributed by atoms with Gasteiger partial charge in [0.25, 0.3) is 0 Å². The molecule has 1 saturated carbocycles. The van der Waals surface area contributed by atoms with Crippen molar-refractivity contribution in [2.45, 2.75) is 56.3 Å². The van der Waals surface area contributed by atoms with Gasteiger partial charge in [-0.15, -0.1) is 0 Å². The van der Waals surface area contributed by atoms with Crippen molar-refractivity contribution in [1.82, 2.24) is 4.90 Å². The van der Waals surface area contributed by atoms with Gasteiger partial charge in [0.2, 0.25) is 0 Å². The Morgan fingerprint density at radius 3 is 2.09 bits per heavy atom. The minimum atomic E-state index is -0.400. The normalized spacial score (nSPS) is 29.2. The smallest absolute Gasteiger partial charge is 0.0964 e. The second-order valence-corrected chi connectivity index (χ2v) is 6.94. The van der Waals surface area contributed by atoms with E-state index >= 15 is 0 Å². The van der Waals surface area contributed by atoms with Crippen molar-refractivity contribution in [2.24, 2.45) is 0 Å². The lowest BCUT2D eigenvalue weighted by molar-refractivity contribution is 0.142. The average Bonchev–Trinajstić information content (AvgIpc) is 3.39. The van der Waals surface area contributed by atoms with E-state index in [2.05, 4.69) is 35.2 Å². The van der Waals surface area contributed by atoms with Crippen LogP contribution in [0.15, 0.2) is 60.7 Å². The highest BCUT2D eigenvalue weighted by molar-refractivity contribution is 5.32. The van der Waals surface area contributed by atoms with Crippen LogP contribution in [0.25, 0.3) is 0 Å². The molecule has 1 unspecified atom stereocenters. The zero-order valence-electron chi connectivity index (χ0n) is 13.5. The number of rotatable bonds is 4. The van der Waals surface area contributed by atoms with Gasteiger partial charge in [0.05, 0.1) is 18.2 Å². The second-order valence-electron chi connectivity index (χ2n) is 6.94. The number of hydrogen-bond donors (Lipinski definition) is 1. The summed E-state index contributed by atoms with van der Waals surface area (Å²) in [6.45, 7) is 0. The zero-order valence-corrected chi connectivity index (χ0v) is 13.5. The molecule has 1 aliphatic carbocycles. The van der Waals surface area contributed by atoms with Crippen molar-refractivity contribution in [2.75, 3.05) is 0 Å². The van der Waals surface area contributed by atoms with E-state index in [4.69, 9.17) is 0 Å². The molecule has 4 atom stereocenters. The first-order chi connectivity index (χ1) is 11.4. The zero-order chi connectivity index (χ0) is 15.6. The van der Waals surface area contributed by atoms with Crippen LogP contribution in [0.4, 0.5) is 0 Å². The third-order valence-electron chi connectivity index (χ3n) is 5.50. The number of benzene rings is 2. The largest absolute Gasteiger partial charge is 0.387 e. The molecule has 0 spiro atoms. The highest BCUT2D eigenvalue weighted by Crippen LogP contribution is 2.52. The first kappa shape index (κ1) is 14.9. The van der Waals surface area contributed by atoms with E-state index in [1.54, 1.807) is 0 Å². The molecule has 2 fully saturated rings. The van der Waals surface area contributed by atoms with E-state index in [9.17, 15) is 5.11 Å². The summed E-state index contributed by atoms with van der Waals surface area (Å²) in [5.41, 5.74) is 2.38. The Morgan fingerprint density at radius 1 is 0.826 bits per heavy atom. The molecule has 0 radical (unpaired) electrons. The Labute approximate surface area is 138 Å². The van der Waals surface area contributed by atoms with Gasteiger partial charge in [-0.2, -0.15) is 0 Å². The summed E-state index contributed by atoms with van der Waals surface area (Å²) >= 11 is 0. The lowest BCUT2D eigenvalue weighted by atomic mass is 9.95. The van der Waals surface area contributed by atoms with Gasteiger partial charge in [-0.3, -0.25) is 4.90 Å². The molecule has 1 saturated heterocycles. The van der Waals surface area contributed by atoms with Crippen molar-refractivity contribution in [3.8, 4) is 0 Å². The molecule has 2 aromatic carbocycles. The van der Waals surface area contributed by atoms with Gasteiger partial charge in [-0.1, -0.05) is 79.9 Å². The molecule has 0 aromatic heterocycles. The number of aliphatic hydroxyl groups is 1. The molecule has 0 bridgehead atoms. The van der Waals surface area contributed by atoms with Crippen LogP contribution in [0, 0.1) is 0 Å². The van der Waals surface area contributed by atoms with Crippen LogP contribution >= 0.6 is 0 Å². The molecule has 23 heavy (non-hydrogen) atoms. The summed E-state index contributed by atoms with van der Waals surface area (Å²) < 4.78 is 0. The molecule has 0 amide bonds. The Hall–Kier alpha value is -1.64. The van der Waals surface area contributed by atoms with E-state index in [-0.39, 0.29) is 6.04 Å². The molecule has 1 N–H and O–H groups in total. The molecular weight excluding hydrogens is 282 g/mol. The molecule has 120 valence electrons. The van der Waals surface area contributed by atoms with Gasteiger partial charge in [0, 0.05) is 6.04 Å². The van der Waals surface area contributed by atoms with Gasteiger partial charge in [0.1, 0.15) is 0 Å². The minimum Gasteiger partial charge on any atom is -0.387 e. The van der Waals surface area contributed by atoms with Gasteiger partial charge >= 0.3 is 0 Å².